The lowest BCUT2D eigenvalue weighted by Gasteiger charge is -2.21. The Morgan fingerprint density at radius 3 is 2.84 bits per heavy atom. The van der Waals surface area contributed by atoms with E-state index in [1.165, 1.54) is 62.3 Å². The average molecular weight is 301 g/mol. The van der Waals surface area contributed by atoms with Gasteiger partial charge < -0.3 is 10.1 Å². The van der Waals surface area contributed by atoms with E-state index in [-0.39, 0.29) is 11.2 Å². The van der Waals surface area contributed by atoms with Crippen LogP contribution in [0.5, 0.6) is 0 Å². The minimum atomic E-state index is -0.250. The van der Waals surface area contributed by atoms with Crippen LogP contribution in [-0.4, -0.2) is 34.6 Å². The summed E-state index contributed by atoms with van der Waals surface area (Å²) in [6.07, 6.45) is 6.34. The van der Waals surface area contributed by atoms with Gasteiger partial charge in [-0.3, -0.25) is 4.79 Å². The highest BCUT2D eigenvalue weighted by molar-refractivity contribution is 8.02. The van der Waals surface area contributed by atoms with E-state index in [9.17, 15) is 4.79 Å². The second-order valence-corrected chi connectivity index (χ2v) is 7.20. The molecule has 0 aliphatic heterocycles. The number of aromatic nitrogens is 2. The molecule has 0 amide bonds. The van der Waals surface area contributed by atoms with E-state index < -0.39 is 0 Å². The van der Waals surface area contributed by atoms with Gasteiger partial charge in [0.25, 0.3) is 0 Å². The van der Waals surface area contributed by atoms with Crippen LogP contribution in [0.1, 0.15) is 39.0 Å². The molecular weight excluding hydrogens is 282 g/mol. The third-order valence-corrected chi connectivity index (χ3v) is 5.17. The number of nitrogens with zero attached hydrogens (tertiary/aromatic N) is 2. The lowest BCUT2D eigenvalue weighted by Crippen LogP contribution is -2.21. The maximum atomic E-state index is 11.3. The quantitative estimate of drug-likeness (QED) is 0.666. The van der Waals surface area contributed by atoms with Crippen LogP contribution in [0.4, 0.5) is 5.13 Å². The highest BCUT2D eigenvalue weighted by Crippen LogP contribution is 2.30. The van der Waals surface area contributed by atoms with Crippen molar-refractivity contribution < 1.29 is 9.53 Å². The zero-order chi connectivity index (χ0) is 13.7. The second kappa shape index (κ2) is 7.09. The molecule has 0 spiro atoms. The van der Waals surface area contributed by atoms with E-state index in [1.807, 2.05) is 6.92 Å². The van der Waals surface area contributed by atoms with Crippen molar-refractivity contribution in [3.8, 4) is 0 Å². The molecule has 1 aromatic heterocycles. The Kier molecular flexibility index (Phi) is 5.45. The minimum Gasteiger partial charge on any atom is -0.468 e. The number of carbonyl (C=O) groups excluding carboxylic acids is 1. The van der Waals surface area contributed by atoms with Gasteiger partial charge in [-0.25, -0.2) is 0 Å². The molecule has 1 aromatic rings. The fourth-order valence-corrected chi connectivity index (χ4v) is 4.10. The fourth-order valence-electron chi connectivity index (χ4n) is 2.10. The first-order valence-corrected chi connectivity index (χ1v) is 8.23. The number of anilines is 1. The normalized spacial score (nSPS) is 18.0. The number of nitrogens with one attached hydrogen (secondary N) is 1. The summed E-state index contributed by atoms with van der Waals surface area (Å²) in [7, 11) is 1.40. The number of rotatable bonds is 5. The monoisotopic (exact) mass is 301 g/mol. The zero-order valence-electron chi connectivity index (χ0n) is 11.2. The van der Waals surface area contributed by atoms with E-state index in [0.29, 0.717) is 6.04 Å². The summed E-state index contributed by atoms with van der Waals surface area (Å²) in [5.74, 6) is -0.234. The highest BCUT2D eigenvalue weighted by atomic mass is 32.2. The summed E-state index contributed by atoms with van der Waals surface area (Å²) in [4.78, 5) is 11.3. The van der Waals surface area contributed by atoms with Gasteiger partial charge in [-0.15, -0.1) is 10.2 Å². The Hall–Kier alpha value is -0.820. The zero-order valence-corrected chi connectivity index (χ0v) is 12.9. The van der Waals surface area contributed by atoms with Crippen molar-refractivity contribution in [2.45, 2.75) is 54.7 Å². The molecular formula is C12H19N3O2S2. The minimum absolute atomic E-state index is 0.234. The number of esters is 1. The van der Waals surface area contributed by atoms with Crippen molar-refractivity contribution in [3.63, 3.8) is 0 Å². The first-order valence-electron chi connectivity index (χ1n) is 6.53. The van der Waals surface area contributed by atoms with Crippen molar-refractivity contribution in [2.24, 2.45) is 0 Å². The molecule has 2 rings (SSSR count). The number of hydrogen-bond acceptors (Lipinski definition) is 7. The van der Waals surface area contributed by atoms with Crippen molar-refractivity contribution in [3.05, 3.63) is 0 Å². The smallest absolute Gasteiger partial charge is 0.318 e. The number of hydrogen-bond donors (Lipinski definition) is 1. The summed E-state index contributed by atoms with van der Waals surface area (Å²) in [6.45, 7) is 1.81. The first kappa shape index (κ1) is 14.6. The Labute approximate surface area is 121 Å². The van der Waals surface area contributed by atoms with E-state index in [1.54, 1.807) is 0 Å². The third-order valence-electron chi connectivity index (χ3n) is 3.15. The SMILES string of the molecule is COC(=O)[C@@H](C)Sc1nnc(NC2CCCCC2)s1. The van der Waals surface area contributed by atoms with Gasteiger partial charge in [0.1, 0.15) is 5.25 Å². The predicted molar refractivity (Wildman–Crippen MR) is 77.7 cm³/mol. The van der Waals surface area contributed by atoms with Crippen LogP contribution in [0, 0.1) is 0 Å². The van der Waals surface area contributed by atoms with Gasteiger partial charge in [0.05, 0.1) is 7.11 Å². The molecule has 1 aliphatic rings. The van der Waals surface area contributed by atoms with E-state index in [2.05, 4.69) is 15.5 Å². The van der Waals surface area contributed by atoms with Gasteiger partial charge in [0.2, 0.25) is 5.13 Å². The first-order chi connectivity index (χ1) is 9.19. The molecule has 5 nitrogen and oxygen atoms in total. The Morgan fingerprint density at radius 2 is 2.16 bits per heavy atom. The molecule has 0 aromatic carbocycles. The number of carbonyl (C=O) groups is 1. The van der Waals surface area contributed by atoms with Gasteiger partial charge in [0, 0.05) is 6.04 Å². The predicted octanol–water partition coefficient (Wildman–Crippen LogP) is 2.94. The van der Waals surface area contributed by atoms with E-state index in [0.717, 1.165) is 9.47 Å². The van der Waals surface area contributed by atoms with Gasteiger partial charge >= 0.3 is 5.97 Å². The summed E-state index contributed by atoms with van der Waals surface area (Å²) in [5, 5.41) is 12.3. The molecule has 1 heterocycles. The van der Waals surface area contributed by atoms with Gasteiger partial charge in [-0.2, -0.15) is 0 Å². The highest BCUT2D eigenvalue weighted by Gasteiger charge is 2.19. The van der Waals surface area contributed by atoms with Crippen molar-refractivity contribution in [1.29, 1.82) is 0 Å². The lowest BCUT2D eigenvalue weighted by atomic mass is 9.96. The molecule has 19 heavy (non-hydrogen) atoms. The molecule has 7 heteroatoms. The molecule has 1 saturated carbocycles. The molecule has 1 atom stereocenters. The Bertz CT molecular complexity index is 419. The van der Waals surface area contributed by atoms with Gasteiger partial charge in [0.15, 0.2) is 4.34 Å². The van der Waals surface area contributed by atoms with Crippen molar-refractivity contribution in [2.75, 3.05) is 12.4 Å². The molecule has 0 radical (unpaired) electrons. The average Bonchev–Trinajstić information content (AvgIpc) is 2.86. The maximum Gasteiger partial charge on any atom is 0.318 e. The summed E-state index contributed by atoms with van der Waals surface area (Å²) >= 11 is 2.89. The van der Waals surface area contributed by atoms with Crippen LogP contribution in [0.25, 0.3) is 0 Å². The Balaban J connectivity index is 1.86. The second-order valence-electron chi connectivity index (χ2n) is 4.64. The largest absolute Gasteiger partial charge is 0.468 e. The van der Waals surface area contributed by atoms with Crippen LogP contribution < -0.4 is 5.32 Å². The fraction of sp³-hybridized carbons (Fsp3) is 0.750. The third kappa shape index (κ3) is 4.35. The molecule has 0 saturated heterocycles. The topological polar surface area (TPSA) is 64.1 Å². The van der Waals surface area contributed by atoms with Crippen molar-refractivity contribution in [1.82, 2.24) is 10.2 Å². The van der Waals surface area contributed by atoms with Crippen LogP contribution in [0.2, 0.25) is 0 Å². The standard InChI is InChI=1S/C12H19N3O2S2/c1-8(10(16)17-2)18-12-15-14-11(19-12)13-9-6-4-3-5-7-9/h8-9H,3-7H2,1-2H3,(H,13,14)/t8-/m1/s1. The van der Waals surface area contributed by atoms with Crippen LogP contribution >= 0.6 is 23.1 Å². The molecule has 0 bridgehead atoms. The molecule has 1 N–H and O–H groups in total. The van der Waals surface area contributed by atoms with Crippen LogP contribution in [0.3, 0.4) is 0 Å². The van der Waals surface area contributed by atoms with Crippen molar-refractivity contribution >= 4 is 34.2 Å². The molecule has 0 unspecified atom stereocenters. The molecule has 1 aliphatic carbocycles. The lowest BCUT2D eigenvalue weighted by molar-refractivity contribution is -0.139. The Morgan fingerprint density at radius 1 is 1.42 bits per heavy atom. The van der Waals surface area contributed by atoms with Crippen LogP contribution in [-0.2, 0) is 9.53 Å². The molecule has 1 fully saturated rings. The maximum absolute atomic E-state index is 11.3. The summed E-state index contributed by atoms with van der Waals surface area (Å²) < 4.78 is 5.50. The number of ether oxygens (including phenoxy) is 1. The van der Waals surface area contributed by atoms with Gasteiger partial charge in [-0.1, -0.05) is 42.4 Å². The van der Waals surface area contributed by atoms with E-state index >= 15 is 0 Å². The van der Waals surface area contributed by atoms with Gasteiger partial charge in [-0.05, 0) is 19.8 Å². The van der Waals surface area contributed by atoms with E-state index in [4.69, 9.17) is 4.74 Å². The summed E-state index contributed by atoms with van der Waals surface area (Å²) in [5.41, 5.74) is 0. The number of methoxy groups -OCH3 is 1. The summed E-state index contributed by atoms with van der Waals surface area (Å²) in [6, 6.07) is 0.526. The number of thioether (sulfide) groups is 1. The van der Waals surface area contributed by atoms with Crippen LogP contribution in [0.15, 0.2) is 4.34 Å². The molecule has 106 valence electrons.